The zero-order valence-electron chi connectivity index (χ0n) is 11.2. The molecule has 0 atom stereocenters. The third-order valence-corrected chi connectivity index (χ3v) is 3.46. The lowest BCUT2D eigenvalue weighted by molar-refractivity contribution is -0.123. The van der Waals surface area contributed by atoms with Crippen molar-refractivity contribution < 1.29 is 9.53 Å². The van der Waals surface area contributed by atoms with E-state index in [1.807, 2.05) is 18.2 Å². The van der Waals surface area contributed by atoms with E-state index in [1.54, 1.807) is 6.20 Å². The maximum atomic E-state index is 11.9. The zero-order valence-corrected chi connectivity index (χ0v) is 11.2. The minimum Gasteiger partial charge on any atom is -0.368 e. The second-order valence-corrected chi connectivity index (χ2v) is 4.98. The van der Waals surface area contributed by atoms with Crippen molar-refractivity contribution in [2.45, 2.75) is 18.9 Å². The number of hydrogen-bond acceptors (Lipinski definition) is 4. The highest BCUT2D eigenvalue weighted by Gasteiger charge is 2.14. The van der Waals surface area contributed by atoms with E-state index in [1.165, 1.54) is 0 Å². The minimum absolute atomic E-state index is 0.105. The van der Waals surface area contributed by atoms with E-state index in [-0.39, 0.29) is 18.6 Å². The van der Waals surface area contributed by atoms with Gasteiger partial charge in [-0.15, -0.1) is 0 Å². The lowest BCUT2D eigenvalue weighted by atomic mass is 10.1. The number of aromatic nitrogens is 2. The third kappa shape index (κ3) is 3.15. The van der Waals surface area contributed by atoms with Crippen molar-refractivity contribution >= 4 is 22.5 Å². The molecule has 0 radical (unpaired) electrons. The molecule has 3 rings (SSSR count). The third-order valence-electron chi connectivity index (χ3n) is 3.46. The smallest absolute Gasteiger partial charge is 0.250 e. The van der Waals surface area contributed by atoms with Gasteiger partial charge in [0.25, 0.3) is 0 Å². The number of benzene rings is 1. The number of aromatic amines is 1. The monoisotopic (exact) mass is 274 g/mol. The molecule has 2 heterocycles. The van der Waals surface area contributed by atoms with Crippen molar-refractivity contribution in [3.63, 3.8) is 0 Å². The summed E-state index contributed by atoms with van der Waals surface area (Å²) in [6.45, 7) is 2.03. The van der Waals surface area contributed by atoms with E-state index in [0.717, 1.165) is 42.5 Å². The van der Waals surface area contributed by atoms with Crippen LogP contribution in [0.3, 0.4) is 0 Å². The number of amides is 1. The summed E-state index contributed by atoms with van der Waals surface area (Å²) in [4.78, 5) is 11.9. The Morgan fingerprint density at radius 3 is 3.10 bits per heavy atom. The lowest BCUT2D eigenvalue weighted by Crippen LogP contribution is -2.34. The lowest BCUT2D eigenvalue weighted by Gasteiger charge is -2.22. The topological polar surface area (TPSA) is 79.0 Å². The summed E-state index contributed by atoms with van der Waals surface area (Å²) in [7, 11) is 0. The second kappa shape index (κ2) is 6.02. The predicted octanol–water partition coefficient (Wildman–Crippen LogP) is 1.27. The number of fused-ring (bicyclic) bond motifs is 1. The van der Waals surface area contributed by atoms with Gasteiger partial charge in [0.1, 0.15) is 6.61 Å². The molecule has 0 bridgehead atoms. The van der Waals surface area contributed by atoms with Crippen LogP contribution in [0.4, 0.5) is 5.69 Å². The summed E-state index contributed by atoms with van der Waals surface area (Å²) in [5.74, 6) is -0.119. The summed E-state index contributed by atoms with van der Waals surface area (Å²) >= 11 is 0. The Morgan fingerprint density at radius 2 is 2.25 bits per heavy atom. The van der Waals surface area contributed by atoms with Crippen LogP contribution < -0.4 is 10.6 Å². The highest BCUT2D eigenvalue weighted by atomic mass is 16.5. The molecule has 0 spiro atoms. The summed E-state index contributed by atoms with van der Waals surface area (Å²) in [6.07, 6.45) is 3.86. The first-order valence-electron chi connectivity index (χ1n) is 6.86. The summed E-state index contributed by atoms with van der Waals surface area (Å²) < 4.78 is 5.62. The van der Waals surface area contributed by atoms with Crippen molar-refractivity contribution in [3.05, 3.63) is 24.4 Å². The number of carbonyl (C=O) groups excluding carboxylic acids is 1. The molecule has 1 aliphatic rings. The fourth-order valence-electron chi connectivity index (χ4n) is 2.37. The fraction of sp³-hybridized carbons (Fsp3) is 0.429. The molecule has 1 amide bonds. The first-order valence-corrected chi connectivity index (χ1v) is 6.86. The van der Waals surface area contributed by atoms with E-state index < -0.39 is 0 Å². The normalized spacial score (nSPS) is 16.4. The van der Waals surface area contributed by atoms with Crippen molar-refractivity contribution in [1.82, 2.24) is 15.5 Å². The largest absolute Gasteiger partial charge is 0.368 e. The maximum Gasteiger partial charge on any atom is 0.250 e. The first-order chi connectivity index (χ1) is 9.81. The molecular formula is C14H18N4O2. The van der Waals surface area contributed by atoms with Crippen molar-refractivity contribution in [2.75, 3.05) is 25.0 Å². The van der Waals surface area contributed by atoms with Crippen molar-refractivity contribution in [3.8, 4) is 0 Å². The van der Waals surface area contributed by atoms with Gasteiger partial charge in [-0.25, -0.2) is 0 Å². The van der Waals surface area contributed by atoms with Gasteiger partial charge in [0.05, 0.1) is 17.8 Å². The average molecular weight is 274 g/mol. The van der Waals surface area contributed by atoms with E-state index in [2.05, 4.69) is 20.8 Å². The van der Waals surface area contributed by atoms with E-state index >= 15 is 0 Å². The van der Waals surface area contributed by atoms with Gasteiger partial charge in [-0.05, 0) is 44.1 Å². The SMILES string of the molecule is O=C(COC1CCNCC1)Nc1ccc2[nH]ncc2c1. The Morgan fingerprint density at radius 1 is 1.40 bits per heavy atom. The molecular weight excluding hydrogens is 256 g/mol. The number of ether oxygens (including phenoxy) is 1. The number of piperidine rings is 1. The van der Waals surface area contributed by atoms with Gasteiger partial charge in [-0.3, -0.25) is 9.89 Å². The van der Waals surface area contributed by atoms with Gasteiger partial charge < -0.3 is 15.4 Å². The number of rotatable bonds is 4. The average Bonchev–Trinajstić information content (AvgIpc) is 2.94. The number of anilines is 1. The highest BCUT2D eigenvalue weighted by Crippen LogP contribution is 2.16. The van der Waals surface area contributed by atoms with Crippen LogP contribution in [0.1, 0.15) is 12.8 Å². The van der Waals surface area contributed by atoms with Crippen LogP contribution in [0.5, 0.6) is 0 Å². The maximum absolute atomic E-state index is 11.9. The quantitative estimate of drug-likeness (QED) is 0.784. The molecule has 0 saturated carbocycles. The highest BCUT2D eigenvalue weighted by molar-refractivity contribution is 5.94. The number of nitrogens with one attached hydrogen (secondary N) is 3. The predicted molar refractivity (Wildman–Crippen MR) is 76.6 cm³/mol. The molecule has 2 aromatic rings. The molecule has 20 heavy (non-hydrogen) atoms. The van der Waals surface area contributed by atoms with Gasteiger partial charge in [0.2, 0.25) is 5.91 Å². The van der Waals surface area contributed by atoms with Gasteiger partial charge in [-0.2, -0.15) is 5.10 Å². The molecule has 1 aliphatic heterocycles. The Balaban J connectivity index is 1.52. The Labute approximate surface area is 116 Å². The van der Waals surface area contributed by atoms with Crippen LogP contribution >= 0.6 is 0 Å². The van der Waals surface area contributed by atoms with Crippen LogP contribution in [-0.2, 0) is 9.53 Å². The van der Waals surface area contributed by atoms with Crippen LogP contribution in [0.25, 0.3) is 10.9 Å². The molecule has 106 valence electrons. The van der Waals surface area contributed by atoms with Gasteiger partial charge in [-0.1, -0.05) is 0 Å². The van der Waals surface area contributed by atoms with E-state index in [0.29, 0.717) is 0 Å². The number of carbonyl (C=O) groups is 1. The Hall–Kier alpha value is -1.92. The van der Waals surface area contributed by atoms with E-state index in [9.17, 15) is 4.79 Å². The van der Waals surface area contributed by atoms with Crippen LogP contribution in [0.2, 0.25) is 0 Å². The fourth-order valence-corrected chi connectivity index (χ4v) is 2.37. The summed E-state index contributed by atoms with van der Waals surface area (Å²) in [5, 5.41) is 13.9. The van der Waals surface area contributed by atoms with Crippen LogP contribution in [-0.4, -0.2) is 41.9 Å². The first kappa shape index (κ1) is 13.1. The van der Waals surface area contributed by atoms with Crippen molar-refractivity contribution in [2.24, 2.45) is 0 Å². The molecule has 1 fully saturated rings. The molecule has 1 aromatic carbocycles. The molecule has 1 saturated heterocycles. The minimum atomic E-state index is -0.119. The number of nitrogens with zero attached hydrogens (tertiary/aromatic N) is 1. The van der Waals surface area contributed by atoms with E-state index in [4.69, 9.17) is 4.74 Å². The molecule has 1 aromatic heterocycles. The molecule has 6 nitrogen and oxygen atoms in total. The van der Waals surface area contributed by atoms with Crippen molar-refractivity contribution in [1.29, 1.82) is 0 Å². The van der Waals surface area contributed by atoms with Crippen LogP contribution in [0, 0.1) is 0 Å². The van der Waals surface area contributed by atoms with Gasteiger partial charge >= 0.3 is 0 Å². The molecule has 0 unspecified atom stereocenters. The molecule has 3 N–H and O–H groups in total. The Bertz CT molecular complexity index is 590. The molecule has 6 heteroatoms. The zero-order chi connectivity index (χ0) is 13.8. The summed E-state index contributed by atoms with van der Waals surface area (Å²) in [5.41, 5.74) is 1.71. The second-order valence-electron chi connectivity index (χ2n) is 4.98. The number of H-pyrrole nitrogens is 1. The Kier molecular flexibility index (Phi) is 3.94. The summed E-state index contributed by atoms with van der Waals surface area (Å²) in [6, 6.07) is 5.63. The standard InChI is InChI=1S/C14H18N4O2/c19-14(9-20-12-3-5-15-6-4-12)17-11-1-2-13-10(7-11)8-16-18-13/h1-2,7-8,12,15H,3-6,9H2,(H,16,18)(H,17,19). The van der Waals surface area contributed by atoms with Gasteiger partial charge in [0, 0.05) is 11.1 Å². The van der Waals surface area contributed by atoms with Crippen LogP contribution in [0.15, 0.2) is 24.4 Å². The molecule has 0 aliphatic carbocycles. The van der Waals surface area contributed by atoms with Gasteiger partial charge in [0.15, 0.2) is 0 Å². The number of hydrogen-bond donors (Lipinski definition) is 3.